The van der Waals surface area contributed by atoms with Gasteiger partial charge in [0.05, 0.1) is 17.2 Å². The maximum absolute atomic E-state index is 12.5. The van der Waals surface area contributed by atoms with Gasteiger partial charge in [0.15, 0.2) is 0 Å². The standard InChI is InChI=1S/C24H17ClN2O3/c1-16(28)27-22-6-3-5-19(14-22)24(29)30-23-7-2-4-17(13-23)12-20(15-26)18-8-10-21(25)11-9-18/h2-14H,1H3,(H,27,28)/b20-12-. The molecule has 0 atom stereocenters. The van der Waals surface area contributed by atoms with Crippen molar-refractivity contribution < 1.29 is 14.3 Å². The third-order valence-electron chi connectivity index (χ3n) is 4.07. The quantitative estimate of drug-likeness (QED) is 0.255. The summed E-state index contributed by atoms with van der Waals surface area (Å²) >= 11 is 5.90. The Balaban J connectivity index is 1.80. The van der Waals surface area contributed by atoms with Crippen LogP contribution in [0.3, 0.4) is 0 Å². The van der Waals surface area contributed by atoms with Crippen molar-refractivity contribution in [3.05, 3.63) is 94.5 Å². The normalized spacial score (nSPS) is 10.8. The van der Waals surface area contributed by atoms with Gasteiger partial charge in [0.2, 0.25) is 5.91 Å². The molecule has 0 saturated carbocycles. The Morgan fingerprint density at radius 3 is 2.43 bits per heavy atom. The molecule has 30 heavy (non-hydrogen) atoms. The Morgan fingerprint density at radius 2 is 1.73 bits per heavy atom. The molecule has 0 saturated heterocycles. The first-order chi connectivity index (χ1) is 14.4. The third-order valence-corrected chi connectivity index (χ3v) is 4.33. The van der Waals surface area contributed by atoms with Crippen molar-refractivity contribution in [2.45, 2.75) is 6.92 Å². The van der Waals surface area contributed by atoms with Gasteiger partial charge in [-0.25, -0.2) is 4.79 Å². The molecule has 0 aliphatic carbocycles. The third kappa shape index (κ3) is 5.57. The van der Waals surface area contributed by atoms with E-state index in [-0.39, 0.29) is 5.91 Å². The average molecular weight is 417 g/mol. The van der Waals surface area contributed by atoms with E-state index in [1.165, 1.54) is 6.92 Å². The first kappa shape index (κ1) is 20.8. The smallest absolute Gasteiger partial charge is 0.343 e. The van der Waals surface area contributed by atoms with Crippen LogP contribution in [-0.2, 0) is 4.79 Å². The molecule has 0 spiro atoms. The number of hydrogen-bond acceptors (Lipinski definition) is 4. The SMILES string of the molecule is CC(=O)Nc1cccc(C(=O)Oc2cccc(/C=C(/C#N)c3ccc(Cl)cc3)c2)c1. The maximum Gasteiger partial charge on any atom is 0.343 e. The van der Waals surface area contributed by atoms with Crippen LogP contribution in [0.25, 0.3) is 11.6 Å². The van der Waals surface area contributed by atoms with Crippen LogP contribution < -0.4 is 10.1 Å². The summed E-state index contributed by atoms with van der Waals surface area (Å²) in [4.78, 5) is 23.7. The number of ether oxygens (including phenoxy) is 1. The highest BCUT2D eigenvalue weighted by atomic mass is 35.5. The molecule has 0 aliphatic rings. The molecule has 0 heterocycles. The van der Waals surface area contributed by atoms with E-state index in [9.17, 15) is 14.9 Å². The number of carbonyl (C=O) groups excluding carboxylic acids is 2. The summed E-state index contributed by atoms with van der Waals surface area (Å²) in [6.45, 7) is 1.39. The van der Waals surface area contributed by atoms with Crippen LogP contribution in [0.2, 0.25) is 5.02 Å². The molecule has 3 aromatic rings. The van der Waals surface area contributed by atoms with Gasteiger partial charge in [0.25, 0.3) is 0 Å². The lowest BCUT2D eigenvalue weighted by molar-refractivity contribution is -0.114. The zero-order chi connectivity index (χ0) is 21.5. The Kier molecular flexibility index (Phi) is 6.63. The minimum absolute atomic E-state index is 0.228. The van der Waals surface area contributed by atoms with Crippen molar-refractivity contribution in [1.82, 2.24) is 0 Å². The summed E-state index contributed by atoms with van der Waals surface area (Å²) in [6.07, 6.45) is 1.71. The number of anilines is 1. The fourth-order valence-corrected chi connectivity index (χ4v) is 2.86. The van der Waals surface area contributed by atoms with Crippen LogP contribution >= 0.6 is 11.6 Å². The minimum atomic E-state index is -0.554. The molecule has 0 fully saturated rings. The average Bonchev–Trinajstić information content (AvgIpc) is 2.73. The summed E-state index contributed by atoms with van der Waals surface area (Å²) in [6, 6.07) is 22.5. The first-order valence-corrected chi connectivity index (χ1v) is 9.40. The van der Waals surface area contributed by atoms with Gasteiger partial charge in [-0.15, -0.1) is 0 Å². The molecule has 6 heteroatoms. The number of halogens is 1. The predicted molar refractivity (Wildman–Crippen MR) is 117 cm³/mol. The lowest BCUT2D eigenvalue weighted by Crippen LogP contribution is -2.10. The number of esters is 1. The molecule has 3 aromatic carbocycles. The largest absolute Gasteiger partial charge is 0.423 e. The molecule has 5 nitrogen and oxygen atoms in total. The fraction of sp³-hybridized carbons (Fsp3) is 0.0417. The molecular formula is C24H17ClN2O3. The van der Waals surface area contributed by atoms with Crippen LogP contribution in [0.4, 0.5) is 5.69 Å². The summed E-state index contributed by atoms with van der Waals surface area (Å²) in [7, 11) is 0. The van der Waals surface area contributed by atoms with Gasteiger partial charge in [0.1, 0.15) is 5.75 Å². The number of amides is 1. The number of rotatable bonds is 5. The lowest BCUT2D eigenvalue weighted by Gasteiger charge is -2.07. The molecule has 0 aliphatic heterocycles. The van der Waals surface area contributed by atoms with Crippen molar-refractivity contribution in [1.29, 1.82) is 5.26 Å². The van der Waals surface area contributed by atoms with Crippen molar-refractivity contribution in [3.63, 3.8) is 0 Å². The van der Waals surface area contributed by atoms with Crippen molar-refractivity contribution in [3.8, 4) is 11.8 Å². The second-order valence-electron chi connectivity index (χ2n) is 6.40. The second-order valence-corrected chi connectivity index (χ2v) is 6.84. The van der Waals surface area contributed by atoms with Gasteiger partial charge in [0, 0.05) is 17.6 Å². The Labute approximate surface area is 179 Å². The Bertz CT molecular complexity index is 1160. The highest BCUT2D eigenvalue weighted by molar-refractivity contribution is 6.30. The molecule has 1 amide bonds. The first-order valence-electron chi connectivity index (χ1n) is 9.02. The number of carbonyl (C=O) groups is 2. The molecule has 148 valence electrons. The van der Waals surface area contributed by atoms with Gasteiger partial charge < -0.3 is 10.1 Å². The number of nitrogens with one attached hydrogen (secondary N) is 1. The number of nitrogens with zero attached hydrogens (tertiary/aromatic N) is 1. The Hall–Kier alpha value is -3.88. The molecule has 1 N–H and O–H groups in total. The van der Waals surface area contributed by atoms with Crippen molar-refractivity contribution >= 4 is 40.8 Å². The zero-order valence-electron chi connectivity index (χ0n) is 16.1. The van der Waals surface area contributed by atoms with E-state index in [4.69, 9.17) is 16.3 Å². The second kappa shape index (κ2) is 9.55. The molecule has 0 bridgehead atoms. The van der Waals surface area contributed by atoms with Crippen LogP contribution in [0, 0.1) is 11.3 Å². The number of benzene rings is 3. The highest BCUT2D eigenvalue weighted by Gasteiger charge is 2.10. The summed E-state index contributed by atoms with van der Waals surface area (Å²) in [5.74, 6) is -0.442. The van der Waals surface area contributed by atoms with Crippen molar-refractivity contribution in [2.75, 3.05) is 5.32 Å². The van der Waals surface area contributed by atoms with E-state index in [0.717, 1.165) is 5.56 Å². The minimum Gasteiger partial charge on any atom is -0.423 e. The highest BCUT2D eigenvalue weighted by Crippen LogP contribution is 2.23. The van der Waals surface area contributed by atoms with Crippen molar-refractivity contribution in [2.24, 2.45) is 0 Å². The van der Waals surface area contributed by atoms with Gasteiger partial charge in [-0.1, -0.05) is 41.9 Å². The molecule has 0 aromatic heterocycles. The predicted octanol–water partition coefficient (Wildman–Crippen LogP) is 5.58. The Morgan fingerprint density at radius 1 is 1.00 bits per heavy atom. The monoisotopic (exact) mass is 416 g/mol. The van der Waals surface area contributed by atoms with Crippen LogP contribution in [0.5, 0.6) is 5.75 Å². The summed E-state index contributed by atoms with van der Waals surface area (Å²) < 4.78 is 5.46. The summed E-state index contributed by atoms with van der Waals surface area (Å²) in [5.41, 5.74) is 2.72. The fourth-order valence-electron chi connectivity index (χ4n) is 2.74. The number of allylic oxidation sites excluding steroid dienone is 1. The van der Waals surface area contributed by atoms with E-state index in [0.29, 0.717) is 33.2 Å². The molecule has 0 unspecified atom stereocenters. The van der Waals surface area contributed by atoms with E-state index in [2.05, 4.69) is 11.4 Å². The van der Waals surface area contributed by atoms with E-state index < -0.39 is 5.97 Å². The number of nitriles is 1. The van der Waals surface area contributed by atoms with Crippen LogP contribution in [0.1, 0.15) is 28.4 Å². The van der Waals surface area contributed by atoms with Gasteiger partial charge in [-0.05, 0) is 59.7 Å². The van der Waals surface area contributed by atoms with E-state index in [1.54, 1.807) is 72.8 Å². The van der Waals surface area contributed by atoms with Gasteiger partial charge >= 0.3 is 5.97 Å². The molecular weight excluding hydrogens is 400 g/mol. The van der Waals surface area contributed by atoms with Gasteiger partial charge in [-0.3, -0.25) is 4.79 Å². The topological polar surface area (TPSA) is 79.2 Å². The lowest BCUT2D eigenvalue weighted by atomic mass is 10.0. The zero-order valence-corrected chi connectivity index (χ0v) is 16.8. The van der Waals surface area contributed by atoms with Crippen LogP contribution in [0.15, 0.2) is 72.8 Å². The maximum atomic E-state index is 12.5. The summed E-state index contributed by atoms with van der Waals surface area (Å²) in [5, 5.41) is 12.7. The number of hydrogen-bond donors (Lipinski definition) is 1. The van der Waals surface area contributed by atoms with E-state index >= 15 is 0 Å². The van der Waals surface area contributed by atoms with Crippen LogP contribution in [-0.4, -0.2) is 11.9 Å². The van der Waals surface area contributed by atoms with E-state index in [1.807, 2.05) is 6.07 Å². The molecule has 0 radical (unpaired) electrons. The van der Waals surface area contributed by atoms with Gasteiger partial charge in [-0.2, -0.15) is 5.26 Å². The molecule has 3 rings (SSSR count).